The average Bonchev–Trinajstić information content (AvgIpc) is 2.57. The van der Waals surface area contributed by atoms with Crippen LogP contribution in [0.1, 0.15) is 4.88 Å². The van der Waals surface area contributed by atoms with Crippen LogP contribution in [-0.2, 0) is 6.54 Å². The van der Waals surface area contributed by atoms with Gasteiger partial charge in [-0.1, -0.05) is 11.6 Å². The number of urea groups is 1. The fourth-order valence-electron chi connectivity index (χ4n) is 0.857. The highest BCUT2D eigenvalue weighted by Crippen LogP contribution is 2.20. The van der Waals surface area contributed by atoms with Crippen molar-refractivity contribution in [2.45, 2.75) is 12.7 Å². The van der Waals surface area contributed by atoms with Gasteiger partial charge in [-0.15, -0.1) is 11.3 Å². The highest BCUT2D eigenvalue weighted by Gasteiger charge is 2.27. The Kier molecular flexibility index (Phi) is 4.43. The van der Waals surface area contributed by atoms with Crippen molar-refractivity contribution < 1.29 is 18.0 Å². The van der Waals surface area contributed by atoms with Crippen LogP contribution in [0, 0.1) is 0 Å². The number of carbonyl (C=O) groups is 1. The average molecular weight is 273 g/mol. The van der Waals surface area contributed by atoms with Crippen LogP contribution in [0.3, 0.4) is 0 Å². The second-order valence-electron chi connectivity index (χ2n) is 2.86. The van der Waals surface area contributed by atoms with E-state index in [-0.39, 0.29) is 6.54 Å². The van der Waals surface area contributed by atoms with Gasteiger partial charge in [0, 0.05) is 4.88 Å². The topological polar surface area (TPSA) is 41.1 Å². The number of thiophene rings is 1. The maximum Gasteiger partial charge on any atom is 0.405 e. The molecule has 0 bridgehead atoms. The summed E-state index contributed by atoms with van der Waals surface area (Å²) in [6.07, 6.45) is -4.40. The predicted octanol–water partition coefficient (Wildman–Crippen LogP) is 2.76. The van der Waals surface area contributed by atoms with Crippen LogP contribution in [-0.4, -0.2) is 18.8 Å². The molecule has 0 radical (unpaired) electrons. The van der Waals surface area contributed by atoms with Crippen molar-refractivity contribution in [3.63, 3.8) is 0 Å². The maximum atomic E-state index is 11.7. The molecule has 2 N–H and O–H groups in total. The van der Waals surface area contributed by atoms with Crippen molar-refractivity contribution in [1.82, 2.24) is 10.6 Å². The van der Waals surface area contributed by atoms with Gasteiger partial charge in [-0.25, -0.2) is 4.79 Å². The molecule has 8 heteroatoms. The molecule has 2 amide bonds. The summed E-state index contributed by atoms with van der Waals surface area (Å²) in [6, 6.07) is 2.48. The monoisotopic (exact) mass is 272 g/mol. The second kappa shape index (κ2) is 5.40. The van der Waals surface area contributed by atoms with Crippen LogP contribution in [0.5, 0.6) is 0 Å². The molecule has 0 saturated carbocycles. The van der Waals surface area contributed by atoms with Crippen molar-refractivity contribution in [2.24, 2.45) is 0 Å². The lowest BCUT2D eigenvalue weighted by Crippen LogP contribution is -2.40. The highest BCUT2D eigenvalue weighted by atomic mass is 35.5. The summed E-state index contributed by atoms with van der Waals surface area (Å²) in [5, 5.41) is 3.98. The van der Waals surface area contributed by atoms with E-state index in [1.54, 1.807) is 17.4 Å². The lowest BCUT2D eigenvalue weighted by atomic mass is 10.5. The second-order valence-corrected chi connectivity index (χ2v) is 4.66. The zero-order chi connectivity index (χ0) is 12.2. The van der Waals surface area contributed by atoms with Crippen molar-refractivity contribution in [1.29, 1.82) is 0 Å². The Bertz CT molecular complexity index is 366. The quantitative estimate of drug-likeness (QED) is 0.873. The molecule has 1 heterocycles. The fraction of sp³-hybridized carbons (Fsp3) is 0.375. The van der Waals surface area contributed by atoms with E-state index < -0.39 is 18.8 Å². The number of halogens is 4. The van der Waals surface area contributed by atoms with Gasteiger partial charge >= 0.3 is 12.2 Å². The van der Waals surface area contributed by atoms with Gasteiger partial charge in [-0.3, -0.25) is 0 Å². The molecule has 1 aromatic heterocycles. The molecular formula is C8H8ClF3N2OS. The van der Waals surface area contributed by atoms with E-state index in [0.29, 0.717) is 4.34 Å². The first-order chi connectivity index (χ1) is 7.37. The first kappa shape index (κ1) is 13.1. The SMILES string of the molecule is O=C(NCc1ccc(Cl)s1)NCC(F)(F)F. The van der Waals surface area contributed by atoms with E-state index in [1.807, 2.05) is 0 Å². The summed E-state index contributed by atoms with van der Waals surface area (Å²) in [4.78, 5) is 11.7. The van der Waals surface area contributed by atoms with Crippen molar-refractivity contribution in [3.05, 3.63) is 21.3 Å². The van der Waals surface area contributed by atoms with Gasteiger partial charge in [0.2, 0.25) is 0 Å². The van der Waals surface area contributed by atoms with Gasteiger partial charge in [0.05, 0.1) is 10.9 Å². The van der Waals surface area contributed by atoms with Crippen LogP contribution in [0.15, 0.2) is 12.1 Å². The van der Waals surface area contributed by atoms with E-state index in [9.17, 15) is 18.0 Å². The molecule has 16 heavy (non-hydrogen) atoms. The molecule has 0 aromatic carbocycles. The molecule has 0 saturated heterocycles. The Morgan fingerprint density at radius 1 is 1.38 bits per heavy atom. The lowest BCUT2D eigenvalue weighted by Gasteiger charge is -2.08. The molecule has 0 unspecified atom stereocenters. The van der Waals surface area contributed by atoms with Crippen LogP contribution in [0.4, 0.5) is 18.0 Å². The summed E-state index contributed by atoms with van der Waals surface area (Å²) in [7, 11) is 0. The minimum Gasteiger partial charge on any atom is -0.333 e. The lowest BCUT2D eigenvalue weighted by molar-refractivity contribution is -0.122. The molecule has 1 aromatic rings. The third kappa shape index (κ3) is 5.22. The minimum atomic E-state index is -4.40. The summed E-state index contributed by atoms with van der Waals surface area (Å²) in [5.41, 5.74) is 0. The normalized spacial score (nSPS) is 11.2. The zero-order valence-corrected chi connectivity index (χ0v) is 9.47. The van der Waals surface area contributed by atoms with Crippen molar-refractivity contribution in [3.8, 4) is 0 Å². The number of rotatable bonds is 3. The molecule has 90 valence electrons. The van der Waals surface area contributed by atoms with E-state index >= 15 is 0 Å². The standard InChI is InChI=1S/C8H8ClF3N2OS/c9-6-2-1-5(16-6)3-13-7(15)14-4-8(10,11)12/h1-2H,3-4H2,(H2,13,14,15). The summed E-state index contributed by atoms with van der Waals surface area (Å²) in [5.74, 6) is 0. The Labute approximate surface area is 98.6 Å². The van der Waals surface area contributed by atoms with Crippen LogP contribution >= 0.6 is 22.9 Å². The molecule has 0 aliphatic rings. The Balaban J connectivity index is 2.25. The number of hydrogen-bond acceptors (Lipinski definition) is 2. The van der Waals surface area contributed by atoms with Gasteiger partial charge in [0.15, 0.2) is 0 Å². The van der Waals surface area contributed by atoms with Gasteiger partial charge in [0.1, 0.15) is 6.54 Å². The Hall–Kier alpha value is -0.950. The van der Waals surface area contributed by atoms with Crippen LogP contribution < -0.4 is 10.6 Å². The molecule has 3 nitrogen and oxygen atoms in total. The summed E-state index contributed by atoms with van der Waals surface area (Å²) < 4.78 is 35.7. The fourth-order valence-corrected chi connectivity index (χ4v) is 1.88. The van der Waals surface area contributed by atoms with E-state index in [4.69, 9.17) is 11.6 Å². The van der Waals surface area contributed by atoms with E-state index in [0.717, 1.165) is 4.88 Å². The summed E-state index contributed by atoms with van der Waals surface area (Å²) >= 11 is 6.89. The summed E-state index contributed by atoms with van der Waals surface area (Å²) in [6.45, 7) is -1.19. The number of amides is 2. The third-order valence-corrected chi connectivity index (χ3v) is 2.73. The predicted molar refractivity (Wildman–Crippen MR) is 55.6 cm³/mol. The Morgan fingerprint density at radius 2 is 2.06 bits per heavy atom. The smallest absolute Gasteiger partial charge is 0.333 e. The molecule has 0 fully saturated rings. The van der Waals surface area contributed by atoms with Gasteiger partial charge in [0.25, 0.3) is 0 Å². The molecule has 0 aliphatic carbocycles. The molecular weight excluding hydrogens is 265 g/mol. The van der Waals surface area contributed by atoms with E-state index in [1.165, 1.54) is 11.3 Å². The van der Waals surface area contributed by atoms with Crippen LogP contribution in [0.25, 0.3) is 0 Å². The number of carbonyl (C=O) groups excluding carboxylic acids is 1. The number of alkyl halides is 3. The zero-order valence-electron chi connectivity index (χ0n) is 7.90. The number of nitrogens with one attached hydrogen (secondary N) is 2. The van der Waals surface area contributed by atoms with Crippen LogP contribution in [0.2, 0.25) is 4.34 Å². The highest BCUT2D eigenvalue weighted by molar-refractivity contribution is 7.16. The van der Waals surface area contributed by atoms with Crippen molar-refractivity contribution >= 4 is 29.0 Å². The molecule has 0 spiro atoms. The largest absolute Gasteiger partial charge is 0.405 e. The van der Waals surface area contributed by atoms with E-state index in [2.05, 4.69) is 5.32 Å². The number of hydrogen-bond donors (Lipinski definition) is 2. The molecule has 1 rings (SSSR count). The van der Waals surface area contributed by atoms with Gasteiger partial charge < -0.3 is 10.6 Å². The van der Waals surface area contributed by atoms with Crippen molar-refractivity contribution in [2.75, 3.05) is 6.54 Å². The molecule has 0 atom stereocenters. The minimum absolute atomic E-state index is 0.154. The molecule has 0 aliphatic heterocycles. The van der Waals surface area contributed by atoms with Gasteiger partial charge in [-0.05, 0) is 12.1 Å². The third-order valence-electron chi connectivity index (χ3n) is 1.50. The van der Waals surface area contributed by atoms with Gasteiger partial charge in [-0.2, -0.15) is 13.2 Å². The Morgan fingerprint density at radius 3 is 2.56 bits per heavy atom. The first-order valence-electron chi connectivity index (χ1n) is 4.19. The maximum absolute atomic E-state index is 11.7. The first-order valence-corrected chi connectivity index (χ1v) is 5.39.